The molecule has 1 atom stereocenters. The standard InChI is InChI=1S/C9H8BF5/c1-3(10-2)4-5(11)7(13)9(15)8(14)6(4)12/h3,10H,1-2H3. The van der Waals surface area contributed by atoms with Crippen LogP contribution in [0.15, 0.2) is 0 Å². The summed E-state index contributed by atoms with van der Waals surface area (Å²) in [6.45, 7) is 3.00. The molecule has 0 N–H and O–H groups in total. The molecule has 0 radical (unpaired) electrons. The maximum absolute atomic E-state index is 13.1. The number of benzene rings is 1. The SMILES string of the molecule is CBC(C)c1c(F)c(F)c(F)c(F)c1F. The molecule has 1 aromatic carbocycles. The first-order valence-corrected chi connectivity index (χ1v) is 4.43. The summed E-state index contributed by atoms with van der Waals surface area (Å²) >= 11 is 0. The van der Waals surface area contributed by atoms with Crippen molar-refractivity contribution in [1.29, 1.82) is 0 Å². The second kappa shape index (κ2) is 4.20. The summed E-state index contributed by atoms with van der Waals surface area (Å²) < 4.78 is 64.4. The number of hydrogen-bond acceptors (Lipinski definition) is 0. The van der Waals surface area contributed by atoms with Gasteiger partial charge < -0.3 is 0 Å². The summed E-state index contributed by atoms with van der Waals surface area (Å²) in [7, 11) is 0.290. The van der Waals surface area contributed by atoms with E-state index in [1.54, 1.807) is 6.82 Å². The van der Waals surface area contributed by atoms with Crippen molar-refractivity contribution in [3.05, 3.63) is 34.6 Å². The van der Waals surface area contributed by atoms with E-state index >= 15 is 0 Å². The summed E-state index contributed by atoms with van der Waals surface area (Å²) in [4.78, 5) is 0. The van der Waals surface area contributed by atoms with Gasteiger partial charge in [-0.2, -0.15) is 0 Å². The minimum absolute atomic E-state index is 0.290. The largest absolute Gasteiger partial charge is 0.203 e. The molecule has 0 nitrogen and oxygen atoms in total. The van der Waals surface area contributed by atoms with Gasteiger partial charge in [-0.25, -0.2) is 22.0 Å². The van der Waals surface area contributed by atoms with Crippen molar-refractivity contribution in [3.63, 3.8) is 0 Å². The molecule has 0 amide bonds. The molecule has 0 heterocycles. The molecular formula is C9H8BF5. The smallest absolute Gasteiger partial charge is 0.200 e. The molecule has 0 bridgehead atoms. The van der Waals surface area contributed by atoms with Crippen LogP contribution in [0.1, 0.15) is 18.3 Å². The van der Waals surface area contributed by atoms with Crippen LogP contribution in [-0.2, 0) is 0 Å². The Morgan fingerprint density at radius 3 is 1.47 bits per heavy atom. The van der Waals surface area contributed by atoms with E-state index in [1.165, 1.54) is 6.92 Å². The van der Waals surface area contributed by atoms with Gasteiger partial charge in [0.2, 0.25) is 5.82 Å². The predicted molar refractivity (Wildman–Crippen MR) is 47.7 cm³/mol. The van der Waals surface area contributed by atoms with E-state index in [0.29, 0.717) is 7.28 Å². The van der Waals surface area contributed by atoms with E-state index in [0.717, 1.165) is 0 Å². The van der Waals surface area contributed by atoms with Crippen molar-refractivity contribution in [2.45, 2.75) is 19.6 Å². The Bertz CT molecular complexity index is 362. The topological polar surface area (TPSA) is 0 Å². The maximum Gasteiger partial charge on any atom is 0.200 e. The van der Waals surface area contributed by atoms with E-state index in [1.807, 2.05) is 0 Å². The molecular weight excluding hydrogens is 214 g/mol. The minimum Gasteiger partial charge on any atom is -0.203 e. The molecule has 0 aliphatic carbocycles. The van der Waals surface area contributed by atoms with Gasteiger partial charge in [0.05, 0.1) is 0 Å². The normalized spacial score (nSPS) is 12.7. The van der Waals surface area contributed by atoms with Gasteiger partial charge >= 0.3 is 0 Å². The fraction of sp³-hybridized carbons (Fsp3) is 0.333. The summed E-state index contributed by atoms with van der Waals surface area (Å²) in [5, 5.41) is 0. The first-order valence-electron chi connectivity index (χ1n) is 4.43. The van der Waals surface area contributed by atoms with Crippen molar-refractivity contribution >= 4 is 7.28 Å². The Kier molecular flexibility index (Phi) is 3.37. The third-order valence-electron chi connectivity index (χ3n) is 2.35. The molecule has 0 saturated heterocycles. The van der Waals surface area contributed by atoms with Crippen molar-refractivity contribution in [3.8, 4) is 0 Å². The molecule has 6 heteroatoms. The van der Waals surface area contributed by atoms with E-state index in [4.69, 9.17) is 0 Å². The average Bonchev–Trinajstić information content (AvgIpc) is 2.23. The highest BCUT2D eigenvalue weighted by atomic mass is 19.2. The van der Waals surface area contributed by atoms with Crippen molar-refractivity contribution in [2.75, 3.05) is 0 Å². The second-order valence-corrected chi connectivity index (χ2v) is 3.29. The van der Waals surface area contributed by atoms with Gasteiger partial charge in [0, 0.05) is 5.56 Å². The lowest BCUT2D eigenvalue weighted by atomic mass is 9.64. The van der Waals surface area contributed by atoms with Gasteiger partial charge in [-0.1, -0.05) is 13.7 Å². The van der Waals surface area contributed by atoms with Crippen LogP contribution in [0.2, 0.25) is 6.82 Å². The van der Waals surface area contributed by atoms with Crippen molar-refractivity contribution in [1.82, 2.24) is 0 Å². The Morgan fingerprint density at radius 1 is 0.800 bits per heavy atom. The minimum atomic E-state index is -2.11. The lowest BCUT2D eigenvalue weighted by Crippen LogP contribution is -2.12. The van der Waals surface area contributed by atoms with Gasteiger partial charge in [0.1, 0.15) is 7.28 Å². The molecule has 1 rings (SSSR count). The first kappa shape index (κ1) is 12.0. The van der Waals surface area contributed by atoms with E-state index < -0.39 is 40.5 Å². The van der Waals surface area contributed by atoms with Crippen molar-refractivity contribution < 1.29 is 22.0 Å². The number of hydrogen-bond donors (Lipinski definition) is 0. The molecule has 0 aliphatic heterocycles. The maximum atomic E-state index is 13.1. The van der Waals surface area contributed by atoms with E-state index in [-0.39, 0.29) is 0 Å². The second-order valence-electron chi connectivity index (χ2n) is 3.29. The zero-order valence-electron chi connectivity index (χ0n) is 8.17. The third-order valence-corrected chi connectivity index (χ3v) is 2.35. The summed E-state index contributed by atoms with van der Waals surface area (Å²) in [5.74, 6) is -10.1. The van der Waals surface area contributed by atoms with Crippen molar-refractivity contribution in [2.24, 2.45) is 0 Å². The van der Waals surface area contributed by atoms with Gasteiger partial charge in [-0.15, -0.1) is 0 Å². The molecule has 82 valence electrons. The molecule has 1 aromatic rings. The van der Waals surface area contributed by atoms with Gasteiger partial charge in [-0.3, -0.25) is 0 Å². The van der Waals surface area contributed by atoms with Crippen LogP contribution in [0.4, 0.5) is 22.0 Å². The predicted octanol–water partition coefficient (Wildman–Crippen LogP) is 2.93. The highest BCUT2D eigenvalue weighted by molar-refractivity contribution is 6.35. The van der Waals surface area contributed by atoms with Crippen LogP contribution in [0.25, 0.3) is 0 Å². The molecule has 0 aliphatic rings. The lowest BCUT2D eigenvalue weighted by molar-refractivity contribution is 0.370. The quantitative estimate of drug-likeness (QED) is 0.312. The average molecular weight is 222 g/mol. The van der Waals surface area contributed by atoms with Crippen LogP contribution in [0.3, 0.4) is 0 Å². The molecule has 0 spiro atoms. The van der Waals surface area contributed by atoms with Gasteiger partial charge in [0.25, 0.3) is 0 Å². The third kappa shape index (κ3) is 1.85. The molecule has 1 unspecified atom stereocenters. The molecule has 0 saturated carbocycles. The lowest BCUT2D eigenvalue weighted by Gasteiger charge is -2.12. The number of halogens is 5. The zero-order chi connectivity index (χ0) is 11.7. The van der Waals surface area contributed by atoms with Gasteiger partial charge in [-0.05, 0) is 5.82 Å². The zero-order valence-corrected chi connectivity index (χ0v) is 8.17. The molecule has 0 aromatic heterocycles. The van der Waals surface area contributed by atoms with Crippen LogP contribution >= 0.6 is 0 Å². The Morgan fingerprint density at radius 2 is 1.13 bits per heavy atom. The van der Waals surface area contributed by atoms with Crippen LogP contribution in [0.5, 0.6) is 0 Å². The summed E-state index contributed by atoms with van der Waals surface area (Å²) in [6, 6.07) is 0. The van der Waals surface area contributed by atoms with Crippen LogP contribution < -0.4 is 0 Å². The monoisotopic (exact) mass is 222 g/mol. The molecule has 15 heavy (non-hydrogen) atoms. The fourth-order valence-electron chi connectivity index (χ4n) is 1.26. The van der Waals surface area contributed by atoms with Crippen LogP contribution in [-0.4, -0.2) is 7.28 Å². The van der Waals surface area contributed by atoms with Gasteiger partial charge in [0.15, 0.2) is 23.3 Å². The molecule has 0 fully saturated rings. The fourth-order valence-corrected chi connectivity index (χ4v) is 1.26. The highest BCUT2D eigenvalue weighted by Gasteiger charge is 2.27. The Hall–Kier alpha value is -1.07. The Labute approximate surface area is 84.3 Å². The number of rotatable bonds is 2. The Balaban J connectivity index is 3.52. The van der Waals surface area contributed by atoms with E-state index in [2.05, 4.69) is 0 Å². The highest BCUT2D eigenvalue weighted by Crippen LogP contribution is 2.28. The first-order chi connectivity index (χ1) is 6.91. The van der Waals surface area contributed by atoms with Crippen LogP contribution in [0, 0.1) is 29.1 Å². The summed E-state index contributed by atoms with van der Waals surface area (Å²) in [6.07, 6.45) is 0. The van der Waals surface area contributed by atoms with E-state index in [9.17, 15) is 22.0 Å². The summed E-state index contributed by atoms with van der Waals surface area (Å²) in [5.41, 5.74) is -0.742.